The predicted molar refractivity (Wildman–Crippen MR) is 58.1 cm³/mol. The van der Waals surface area contributed by atoms with Crippen LogP contribution in [-0.2, 0) is 6.54 Å². The van der Waals surface area contributed by atoms with Gasteiger partial charge in [-0.05, 0) is 6.07 Å². The predicted octanol–water partition coefficient (Wildman–Crippen LogP) is 2.12. The summed E-state index contributed by atoms with van der Waals surface area (Å²) in [4.78, 5) is 8.18. The lowest BCUT2D eigenvalue weighted by Gasteiger charge is -2.00. The van der Waals surface area contributed by atoms with Crippen LogP contribution in [0.25, 0.3) is 11.0 Å². The smallest absolute Gasteiger partial charge is 0.156 e. The van der Waals surface area contributed by atoms with Crippen LogP contribution in [0.1, 0.15) is 5.69 Å². The second-order valence-corrected chi connectivity index (χ2v) is 3.69. The Balaban J connectivity index is 2.08. The molecule has 0 atom stereocenters. The highest BCUT2D eigenvalue weighted by Gasteiger charge is 2.07. The number of aromatic nitrogens is 4. The maximum atomic E-state index is 5.93. The molecule has 0 aromatic carbocycles. The minimum absolute atomic E-state index is 0.413. The van der Waals surface area contributed by atoms with Gasteiger partial charge in [-0.1, -0.05) is 16.8 Å². The molecule has 0 N–H and O–H groups in total. The molecule has 3 heterocycles. The second kappa shape index (κ2) is 3.61. The first kappa shape index (κ1) is 9.35. The number of pyridine rings is 1. The molecule has 0 aliphatic carbocycles. The lowest BCUT2D eigenvalue weighted by molar-refractivity contribution is 0.410. The van der Waals surface area contributed by atoms with E-state index in [9.17, 15) is 0 Å². The van der Waals surface area contributed by atoms with E-state index in [1.54, 1.807) is 18.8 Å². The van der Waals surface area contributed by atoms with Crippen molar-refractivity contribution in [1.29, 1.82) is 0 Å². The van der Waals surface area contributed by atoms with E-state index in [1.165, 1.54) is 0 Å². The summed E-state index contributed by atoms with van der Waals surface area (Å²) in [7, 11) is 0. The molecule has 0 fully saturated rings. The minimum Gasteiger partial charge on any atom is -0.364 e. The summed E-state index contributed by atoms with van der Waals surface area (Å²) in [6.07, 6.45) is 4.92. The van der Waals surface area contributed by atoms with Crippen LogP contribution >= 0.6 is 11.6 Å². The Hall–Kier alpha value is -1.88. The first-order chi connectivity index (χ1) is 7.84. The van der Waals surface area contributed by atoms with Crippen molar-refractivity contribution in [3.8, 4) is 0 Å². The Kier molecular flexibility index (Phi) is 2.11. The van der Waals surface area contributed by atoms with Crippen LogP contribution < -0.4 is 0 Å². The van der Waals surface area contributed by atoms with Crippen molar-refractivity contribution in [2.75, 3.05) is 0 Å². The van der Waals surface area contributed by atoms with Gasteiger partial charge in [-0.15, -0.1) is 0 Å². The van der Waals surface area contributed by atoms with Crippen molar-refractivity contribution in [2.45, 2.75) is 6.54 Å². The number of hydrogen-bond donors (Lipinski definition) is 0. The van der Waals surface area contributed by atoms with E-state index in [2.05, 4.69) is 15.1 Å². The largest absolute Gasteiger partial charge is 0.364 e. The van der Waals surface area contributed by atoms with Gasteiger partial charge in [0.05, 0.1) is 18.4 Å². The van der Waals surface area contributed by atoms with Crippen LogP contribution in [0, 0.1) is 0 Å². The molecule has 0 aliphatic heterocycles. The Labute approximate surface area is 95.7 Å². The average Bonchev–Trinajstić information content (AvgIpc) is 2.90. The first-order valence-corrected chi connectivity index (χ1v) is 5.07. The number of fused-ring (bicyclic) bond motifs is 1. The highest BCUT2D eigenvalue weighted by atomic mass is 35.5. The number of hydrogen-bond acceptors (Lipinski definition) is 4. The van der Waals surface area contributed by atoms with Crippen molar-refractivity contribution < 1.29 is 4.52 Å². The molecule has 3 rings (SSSR count). The summed E-state index contributed by atoms with van der Waals surface area (Å²) in [5.74, 6) is 0. The van der Waals surface area contributed by atoms with Gasteiger partial charge in [0.1, 0.15) is 17.5 Å². The number of rotatable bonds is 2. The van der Waals surface area contributed by atoms with Gasteiger partial charge in [0.2, 0.25) is 0 Å². The van der Waals surface area contributed by atoms with Gasteiger partial charge in [0, 0.05) is 12.3 Å². The van der Waals surface area contributed by atoms with Crippen LogP contribution in [0.3, 0.4) is 0 Å². The number of halogens is 1. The fraction of sp³-hybridized carbons (Fsp3) is 0.100. The fourth-order valence-corrected chi connectivity index (χ4v) is 1.78. The SMILES string of the molecule is Clc1nccc2c1ncn2Cc1ccon1. The van der Waals surface area contributed by atoms with Crippen molar-refractivity contribution in [3.05, 3.63) is 41.8 Å². The third-order valence-corrected chi connectivity index (χ3v) is 2.59. The zero-order valence-corrected chi connectivity index (χ0v) is 8.92. The molecular formula is C10H7ClN4O. The molecule has 3 aromatic heterocycles. The van der Waals surface area contributed by atoms with Crippen LogP contribution in [0.2, 0.25) is 5.15 Å². The molecule has 0 aliphatic rings. The number of nitrogens with zero attached hydrogens (tertiary/aromatic N) is 4. The summed E-state index contributed by atoms with van der Waals surface area (Å²) in [5, 5.41) is 4.26. The van der Waals surface area contributed by atoms with Crippen LogP contribution in [0.4, 0.5) is 0 Å². The molecule has 16 heavy (non-hydrogen) atoms. The van der Waals surface area contributed by atoms with Crippen LogP contribution in [0.5, 0.6) is 0 Å². The molecule has 80 valence electrons. The zero-order valence-electron chi connectivity index (χ0n) is 8.17. The number of imidazole rings is 1. The third-order valence-electron chi connectivity index (χ3n) is 2.32. The van der Waals surface area contributed by atoms with Crippen molar-refractivity contribution in [3.63, 3.8) is 0 Å². The monoisotopic (exact) mass is 234 g/mol. The highest BCUT2D eigenvalue weighted by Crippen LogP contribution is 2.19. The van der Waals surface area contributed by atoms with Gasteiger partial charge >= 0.3 is 0 Å². The van der Waals surface area contributed by atoms with Crippen molar-refractivity contribution in [2.24, 2.45) is 0 Å². The van der Waals surface area contributed by atoms with E-state index in [-0.39, 0.29) is 0 Å². The van der Waals surface area contributed by atoms with E-state index < -0.39 is 0 Å². The molecule has 0 unspecified atom stereocenters. The zero-order chi connectivity index (χ0) is 11.0. The van der Waals surface area contributed by atoms with Gasteiger partial charge in [-0.2, -0.15) is 0 Å². The Morgan fingerprint density at radius 3 is 3.06 bits per heavy atom. The maximum absolute atomic E-state index is 5.93. The molecular weight excluding hydrogens is 228 g/mol. The molecule has 0 amide bonds. The van der Waals surface area contributed by atoms with Crippen LogP contribution in [-0.4, -0.2) is 19.7 Å². The molecule has 3 aromatic rings. The normalized spacial score (nSPS) is 11.1. The minimum atomic E-state index is 0.413. The van der Waals surface area contributed by atoms with E-state index in [4.69, 9.17) is 16.1 Å². The molecule has 5 nitrogen and oxygen atoms in total. The van der Waals surface area contributed by atoms with Gasteiger partial charge in [-0.3, -0.25) is 0 Å². The van der Waals surface area contributed by atoms with Gasteiger partial charge < -0.3 is 9.09 Å². The van der Waals surface area contributed by atoms with E-state index in [0.29, 0.717) is 17.2 Å². The van der Waals surface area contributed by atoms with E-state index >= 15 is 0 Å². The first-order valence-electron chi connectivity index (χ1n) is 4.69. The Morgan fingerprint density at radius 2 is 2.25 bits per heavy atom. The van der Waals surface area contributed by atoms with Crippen molar-refractivity contribution >= 4 is 22.6 Å². The van der Waals surface area contributed by atoms with E-state index in [0.717, 1.165) is 11.2 Å². The highest BCUT2D eigenvalue weighted by molar-refractivity contribution is 6.33. The Bertz CT molecular complexity index is 617. The van der Waals surface area contributed by atoms with Crippen molar-refractivity contribution in [1.82, 2.24) is 19.7 Å². The lowest BCUT2D eigenvalue weighted by Crippen LogP contribution is -1.97. The molecule has 6 heteroatoms. The summed E-state index contributed by atoms with van der Waals surface area (Å²) in [5.41, 5.74) is 2.47. The summed E-state index contributed by atoms with van der Waals surface area (Å²) in [6, 6.07) is 3.68. The molecule has 0 saturated carbocycles. The lowest BCUT2D eigenvalue weighted by atomic mass is 10.4. The molecule has 0 bridgehead atoms. The van der Waals surface area contributed by atoms with Crippen LogP contribution in [0.15, 0.2) is 35.4 Å². The van der Waals surface area contributed by atoms with E-state index in [1.807, 2.05) is 16.7 Å². The average molecular weight is 235 g/mol. The maximum Gasteiger partial charge on any atom is 0.156 e. The van der Waals surface area contributed by atoms with Gasteiger partial charge in [0.15, 0.2) is 5.15 Å². The summed E-state index contributed by atoms with van der Waals surface area (Å²) < 4.78 is 6.72. The third kappa shape index (κ3) is 1.45. The van der Waals surface area contributed by atoms with Gasteiger partial charge in [-0.25, -0.2) is 9.97 Å². The quantitative estimate of drug-likeness (QED) is 0.638. The standard InChI is InChI=1S/C10H7ClN4O/c11-10-9-8(1-3-12-10)15(6-13-9)5-7-2-4-16-14-7/h1-4,6H,5H2. The molecule has 0 saturated heterocycles. The summed E-state index contributed by atoms with van der Waals surface area (Å²) >= 11 is 5.93. The Morgan fingerprint density at radius 1 is 1.31 bits per heavy atom. The molecule has 0 radical (unpaired) electrons. The second-order valence-electron chi connectivity index (χ2n) is 3.33. The van der Waals surface area contributed by atoms with Gasteiger partial charge in [0.25, 0.3) is 0 Å². The topological polar surface area (TPSA) is 56.7 Å². The molecule has 0 spiro atoms. The summed E-state index contributed by atoms with van der Waals surface area (Å²) in [6.45, 7) is 0.605. The fourth-order valence-electron chi connectivity index (χ4n) is 1.58.